The van der Waals surface area contributed by atoms with Gasteiger partial charge in [0.1, 0.15) is 0 Å². The Hall–Kier alpha value is -1.14. The minimum absolute atomic E-state index is 0.392. The second kappa shape index (κ2) is 5.69. The van der Waals surface area contributed by atoms with Crippen LogP contribution < -0.4 is 5.32 Å². The SMILES string of the molecule is Cc1c(C(C)NCC(F)(F)C(F)F)sc2ccccc12. The molecule has 1 aromatic carbocycles. The number of benzene rings is 1. The van der Waals surface area contributed by atoms with E-state index in [1.165, 1.54) is 11.3 Å². The zero-order chi connectivity index (χ0) is 14.9. The predicted octanol–water partition coefficient (Wildman–Crippen LogP) is 4.76. The van der Waals surface area contributed by atoms with Gasteiger partial charge in [0.2, 0.25) is 0 Å². The lowest BCUT2D eigenvalue weighted by Gasteiger charge is -2.19. The molecule has 0 amide bonds. The van der Waals surface area contributed by atoms with Crippen LogP contribution in [0.25, 0.3) is 10.1 Å². The van der Waals surface area contributed by atoms with Crippen LogP contribution in [-0.4, -0.2) is 18.9 Å². The van der Waals surface area contributed by atoms with E-state index in [9.17, 15) is 17.6 Å². The normalized spacial score (nSPS) is 14.2. The van der Waals surface area contributed by atoms with Gasteiger partial charge in [0.05, 0.1) is 6.54 Å². The summed E-state index contributed by atoms with van der Waals surface area (Å²) in [4.78, 5) is 0.899. The Kier molecular flexibility index (Phi) is 4.34. The van der Waals surface area contributed by atoms with Gasteiger partial charge in [0, 0.05) is 15.6 Å². The maximum absolute atomic E-state index is 12.9. The van der Waals surface area contributed by atoms with Crippen molar-refractivity contribution in [1.29, 1.82) is 0 Å². The first-order valence-corrected chi connectivity index (χ1v) is 7.02. The molecule has 20 heavy (non-hydrogen) atoms. The van der Waals surface area contributed by atoms with E-state index in [2.05, 4.69) is 5.32 Å². The van der Waals surface area contributed by atoms with E-state index in [-0.39, 0.29) is 0 Å². The predicted molar refractivity (Wildman–Crippen MR) is 73.9 cm³/mol. The summed E-state index contributed by atoms with van der Waals surface area (Å²) in [6.07, 6.45) is -3.65. The summed E-state index contributed by atoms with van der Waals surface area (Å²) in [6.45, 7) is 2.59. The molecule has 0 spiro atoms. The van der Waals surface area contributed by atoms with E-state index in [1.54, 1.807) is 6.92 Å². The van der Waals surface area contributed by atoms with E-state index in [4.69, 9.17) is 0 Å². The van der Waals surface area contributed by atoms with Crippen LogP contribution in [0.3, 0.4) is 0 Å². The molecular formula is C14H15F4NS. The van der Waals surface area contributed by atoms with Crippen LogP contribution in [0.5, 0.6) is 0 Å². The van der Waals surface area contributed by atoms with Crippen LogP contribution >= 0.6 is 11.3 Å². The Morgan fingerprint density at radius 3 is 2.50 bits per heavy atom. The van der Waals surface area contributed by atoms with Gasteiger partial charge in [0.15, 0.2) is 0 Å². The summed E-state index contributed by atoms with van der Waals surface area (Å²) < 4.78 is 51.2. The zero-order valence-electron chi connectivity index (χ0n) is 11.1. The summed E-state index contributed by atoms with van der Waals surface area (Å²) in [7, 11) is 0. The van der Waals surface area contributed by atoms with Crippen LogP contribution in [0.4, 0.5) is 17.6 Å². The number of hydrogen-bond acceptors (Lipinski definition) is 2. The molecule has 110 valence electrons. The molecule has 1 N–H and O–H groups in total. The van der Waals surface area contributed by atoms with Gasteiger partial charge in [-0.3, -0.25) is 0 Å². The Balaban J connectivity index is 2.16. The summed E-state index contributed by atoms with van der Waals surface area (Å²) in [5, 5.41) is 3.57. The van der Waals surface area contributed by atoms with E-state index in [0.29, 0.717) is 0 Å². The lowest BCUT2D eigenvalue weighted by atomic mass is 10.1. The smallest absolute Gasteiger partial charge is 0.304 e. The average Bonchev–Trinajstić information content (AvgIpc) is 2.74. The standard InChI is InChI=1S/C14H15F4NS/c1-8-10-5-3-4-6-11(10)20-12(8)9(2)19-7-14(17,18)13(15)16/h3-6,9,13,19H,7H2,1-2H3. The van der Waals surface area contributed by atoms with Crippen LogP contribution in [0.1, 0.15) is 23.4 Å². The monoisotopic (exact) mass is 305 g/mol. The molecule has 0 aliphatic heterocycles. The second-order valence-electron chi connectivity index (χ2n) is 4.75. The summed E-state index contributed by atoms with van der Waals surface area (Å²) in [6, 6.07) is 7.35. The fourth-order valence-corrected chi connectivity index (χ4v) is 3.30. The number of rotatable bonds is 5. The quantitative estimate of drug-likeness (QED) is 0.785. The summed E-state index contributed by atoms with van der Waals surface area (Å²) in [5.74, 6) is -4.00. The molecule has 0 aliphatic carbocycles. The van der Waals surface area contributed by atoms with Crippen LogP contribution in [0.15, 0.2) is 24.3 Å². The average molecular weight is 305 g/mol. The fraction of sp³-hybridized carbons (Fsp3) is 0.429. The van der Waals surface area contributed by atoms with Crippen molar-refractivity contribution in [2.24, 2.45) is 0 Å². The van der Waals surface area contributed by atoms with Gasteiger partial charge < -0.3 is 5.32 Å². The Labute approximate surface area is 118 Å². The van der Waals surface area contributed by atoms with Crippen molar-refractivity contribution in [3.63, 3.8) is 0 Å². The molecule has 2 aromatic rings. The van der Waals surface area contributed by atoms with E-state index >= 15 is 0 Å². The number of hydrogen-bond donors (Lipinski definition) is 1. The Morgan fingerprint density at radius 1 is 1.25 bits per heavy atom. The molecule has 6 heteroatoms. The summed E-state index contributed by atoms with van der Waals surface area (Å²) in [5.41, 5.74) is 1.01. The highest BCUT2D eigenvalue weighted by Gasteiger charge is 2.40. The van der Waals surface area contributed by atoms with Crippen molar-refractivity contribution in [3.8, 4) is 0 Å². The maximum Gasteiger partial charge on any atom is 0.319 e. The molecule has 1 atom stereocenters. The highest BCUT2D eigenvalue weighted by Crippen LogP contribution is 2.34. The molecular weight excluding hydrogens is 290 g/mol. The van der Waals surface area contributed by atoms with Crippen molar-refractivity contribution in [2.75, 3.05) is 6.54 Å². The summed E-state index contributed by atoms with van der Waals surface area (Å²) >= 11 is 1.50. The van der Waals surface area contributed by atoms with Gasteiger partial charge in [-0.05, 0) is 30.9 Å². The third-order valence-electron chi connectivity index (χ3n) is 3.24. The van der Waals surface area contributed by atoms with Crippen molar-refractivity contribution in [3.05, 3.63) is 34.7 Å². The van der Waals surface area contributed by atoms with Crippen molar-refractivity contribution in [2.45, 2.75) is 32.2 Å². The molecule has 2 rings (SSSR count). The maximum atomic E-state index is 12.9. The number of alkyl halides is 4. The number of thiophene rings is 1. The molecule has 1 aromatic heterocycles. The number of nitrogens with one attached hydrogen (secondary N) is 1. The van der Waals surface area contributed by atoms with Gasteiger partial charge in [-0.1, -0.05) is 18.2 Å². The van der Waals surface area contributed by atoms with Gasteiger partial charge in [-0.25, -0.2) is 8.78 Å². The van der Waals surface area contributed by atoms with E-state index in [0.717, 1.165) is 20.5 Å². The highest BCUT2D eigenvalue weighted by molar-refractivity contribution is 7.19. The third kappa shape index (κ3) is 2.96. The van der Waals surface area contributed by atoms with Gasteiger partial charge in [-0.2, -0.15) is 8.78 Å². The molecule has 1 nitrogen and oxygen atoms in total. The molecule has 1 unspecified atom stereocenters. The molecule has 0 aliphatic rings. The van der Waals surface area contributed by atoms with E-state index < -0.39 is 24.9 Å². The lowest BCUT2D eigenvalue weighted by molar-refractivity contribution is -0.126. The molecule has 0 radical (unpaired) electrons. The lowest BCUT2D eigenvalue weighted by Crippen LogP contribution is -2.39. The Bertz CT molecular complexity index is 594. The first kappa shape index (κ1) is 15.3. The van der Waals surface area contributed by atoms with Crippen LogP contribution in [0.2, 0.25) is 0 Å². The largest absolute Gasteiger partial charge is 0.319 e. The van der Waals surface area contributed by atoms with Gasteiger partial charge in [-0.15, -0.1) is 11.3 Å². The minimum atomic E-state index is -4.00. The number of halogens is 4. The van der Waals surface area contributed by atoms with Crippen LogP contribution in [0, 0.1) is 6.92 Å². The second-order valence-corrected chi connectivity index (χ2v) is 5.84. The number of aryl methyl sites for hydroxylation is 1. The molecule has 0 fully saturated rings. The highest BCUT2D eigenvalue weighted by atomic mass is 32.1. The van der Waals surface area contributed by atoms with Gasteiger partial charge >= 0.3 is 12.3 Å². The zero-order valence-corrected chi connectivity index (χ0v) is 11.9. The first-order valence-electron chi connectivity index (χ1n) is 6.20. The molecule has 0 saturated carbocycles. The topological polar surface area (TPSA) is 12.0 Å². The van der Waals surface area contributed by atoms with Gasteiger partial charge in [0.25, 0.3) is 0 Å². The van der Waals surface area contributed by atoms with E-state index in [1.807, 2.05) is 31.2 Å². The Morgan fingerprint density at radius 2 is 1.90 bits per heavy atom. The third-order valence-corrected chi connectivity index (χ3v) is 4.69. The molecule has 1 heterocycles. The molecule has 0 bridgehead atoms. The van der Waals surface area contributed by atoms with Crippen LogP contribution in [-0.2, 0) is 0 Å². The number of fused-ring (bicyclic) bond motifs is 1. The fourth-order valence-electron chi connectivity index (χ4n) is 2.07. The van der Waals surface area contributed by atoms with Crippen molar-refractivity contribution in [1.82, 2.24) is 5.32 Å². The van der Waals surface area contributed by atoms with Crippen molar-refractivity contribution >= 4 is 21.4 Å². The molecule has 0 saturated heterocycles. The van der Waals surface area contributed by atoms with Crippen molar-refractivity contribution < 1.29 is 17.6 Å². The minimum Gasteiger partial charge on any atom is -0.304 e. The first-order chi connectivity index (χ1) is 9.33.